The van der Waals surface area contributed by atoms with Gasteiger partial charge in [-0.3, -0.25) is 5.41 Å². The van der Waals surface area contributed by atoms with Gasteiger partial charge in [0.1, 0.15) is 17.2 Å². The fourth-order valence-corrected chi connectivity index (χ4v) is 4.04. The van der Waals surface area contributed by atoms with E-state index in [0.717, 1.165) is 31.6 Å². The van der Waals surface area contributed by atoms with Crippen molar-refractivity contribution in [2.75, 3.05) is 41.3 Å². The lowest BCUT2D eigenvalue weighted by atomic mass is 10.2. The van der Waals surface area contributed by atoms with Crippen LogP contribution >= 0.6 is 0 Å². The molecule has 11 heteroatoms. The Kier molecular flexibility index (Phi) is 5.72. The first-order valence-corrected chi connectivity index (χ1v) is 11.0. The number of anilines is 5. The molecule has 0 spiro atoms. The maximum Gasteiger partial charge on any atom is 0.178 e. The van der Waals surface area contributed by atoms with Gasteiger partial charge in [-0.05, 0) is 46.6 Å². The summed E-state index contributed by atoms with van der Waals surface area (Å²) in [5.41, 5.74) is 16.5. The van der Waals surface area contributed by atoms with Gasteiger partial charge in [-0.2, -0.15) is 10.2 Å². The van der Waals surface area contributed by atoms with Crippen molar-refractivity contribution in [3.8, 4) is 0 Å². The highest BCUT2D eigenvalue weighted by molar-refractivity contribution is 6.69. The van der Waals surface area contributed by atoms with Crippen molar-refractivity contribution < 1.29 is 0 Å². The second-order valence-corrected chi connectivity index (χ2v) is 7.96. The Morgan fingerprint density at radius 3 is 2.47 bits per heavy atom. The van der Waals surface area contributed by atoms with E-state index in [1.54, 1.807) is 9.69 Å². The Balaban J connectivity index is 1.82. The monoisotopic (exact) mass is 437 g/mol. The number of hydrogen-bond donors (Lipinski definition) is 4. The van der Waals surface area contributed by atoms with Gasteiger partial charge in [-0.15, -0.1) is 0 Å². The first-order chi connectivity index (χ1) is 15.3. The number of pyridine rings is 1. The number of nitrogens with two attached hydrogens (primary N) is 2. The van der Waals surface area contributed by atoms with Crippen LogP contribution < -0.4 is 21.7 Å². The molecule has 4 heterocycles. The van der Waals surface area contributed by atoms with Crippen molar-refractivity contribution >= 4 is 51.8 Å². The molecule has 0 bridgehead atoms. The molecule has 170 valence electrons. The molecule has 2 aromatic heterocycles. The van der Waals surface area contributed by atoms with Crippen LogP contribution in [0.15, 0.2) is 16.2 Å². The van der Waals surface area contributed by atoms with Crippen LogP contribution in [0.25, 0.3) is 0 Å². The number of nitrogens with one attached hydrogen (secondary N) is 2. The van der Waals surface area contributed by atoms with Gasteiger partial charge in [-0.25, -0.2) is 19.7 Å². The van der Waals surface area contributed by atoms with Gasteiger partial charge in [0.15, 0.2) is 17.5 Å². The second kappa shape index (κ2) is 8.48. The lowest BCUT2D eigenvalue weighted by Crippen LogP contribution is -2.26. The summed E-state index contributed by atoms with van der Waals surface area (Å²) in [6.07, 6.45) is 2.22. The average Bonchev–Trinajstić information content (AvgIpc) is 3.46. The summed E-state index contributed by atoms with van der Waals surface area (Å²) in [5, 5.41) is 22.3. The van der Waals surface area contributed by atoms with Crippen molar-refractivity contribution in [1.29, 1.82) is 5.41 Å². The van der Waals surface area contributed by atoms with E-state index in [0.29, 0.717) is 59.0 Å². The molecule has 0 aliphatic carbocycles. The van der Waals surface area contributed by atoms with Gasteiger partial charge in [0.25, 0.3) is 0 Å². The molecule has 32 heavy (non-hydrogen) atoms. The quantitative estimate of drug-likeness (QED) is 0.542. The van der Waals surface area contributed by atoms with Crippen LogP contribution in [0.1, 0.15) is 39.3 Å². The van der Waals surface area contributed by atoms with Crippen LogP contribution in [-0.2, 0) is 6.54 Å². The molecule has 0 saturated carbocycles. The molecule has 2 aliphatic rings. The minimum Gasteiger partial charge on any atom is -0.396 e. The number of hydrazone groups is 1. The largest absolute Gasteiger partial charge is 0.396 e. The second-order valence-electron chi connectivity index (χ2n) is 7.96. The molecule has 0 radical (unpaired) electrons. The number of aromatic nitrogens is 3. The first-order valence-electron chi connectivity index (χ1n) is 11.0. The molecule has 6 N–H and O–H groups in total. The normalized spacial score (nSPS) is 17.6. The third-order valence-corrected chi connectivity index (χ3v) is 5.76. The van der Waals surface area contributed by atoms with Gasteiger partial charge in [-0.1, -0.05) is 0 Å². The molecule has 0 amide bonds. The molecule has 4 rings (SSSR count). The van der Waals surface area contributed by atoms with Crippen molar-refractivity contribution in [3.05, 3.63) is 11.8 Å². The molecule has 0 unspecified atom stereocenters. The predicted octanol–water partition coefficient (Wildman–Crippen LogP) is 2.88. The van der Waals surface area contributed by atoms with Crippen LogP contribution in [0.4, 0.5) is 34.5 Å². The van der Waals surface area contributed by atoms with Crippen LogP contribution in [0.3, 0.4) is 0 Å². The van der Waals surface area contributed by atoms with Crippen molar-refractivity contribution in [2.24, 2.45) is 10.1 Å². The smallest absolute Gasteiger partial charge is 0.178 e. The summed E-state index contributed by atoms with van der Waals surface area (Å²) in [7, 11) is 0. The molecule has 1 saturated heterocycles. The minimum absolute atomic E-state index is 0.256. The summed E-state index contributed by atoms with van der Waals surface area (Å²) < 4.78 is 1.74. The summed E-state index contributed by atoms with van der Waals surface area (Å²) in [5.74, 6) is 1.95. The van der Waals surface area contributed by atoms with E-state index in [2.05, 4.69) is 20.4 Å². The van der Waals surface area contributed by atoms with Crippen LogP contribution in [-0.4, -0.2) is 56.7 Å². The zero-order valence-corrected chi connectivity index (χ0v) is 19.1. The molecule has 0 atom stereocenters. The van der Waals surface area contributed by atoms with Gasteiger partial charge in [0.05, 0.1) is 22.8 Å². The Bertz CT molecular complexity index is 1110. The minimum atomic E-state index is 0.256. The lowest BCUT2D eigenvalue weighted by molar-refractivity contribution is 0.481. The third kappa shape index (κ3) is 3.74. The highest BCUT2D eigenvalue weighted by atomic mass is 15.5. The zero-order chi connectivity index (χ0) is 23.0. The molecule has 0 aromatic carbocycles. The maximum absolute atomic E-state index is 8.46. The molecule has 11 nitrogen and oxygen atoms in total. The number of nitrogens with zero attached hydrogens (tertiary/aromatic N) is 7. The number of hydrogen-bond acceptors (Lipinski definition) is 9. The Hall–Kier alpha value is -3.63. The number of nitrogen functional groups attached to an aromatic ring is 2. The van der Waals surface area contributed by atoms with Crippen LogP contribution in [0, 0.1) is 12.3 Å². The van der Waals surface area contributed by atoms with E-state index in [1.807, 2.05) is 33.8 Å². The highest BCUT2D eigenvalue weighted by Gasteiger charge is 2.26. The fraction of sp³-hybridized carbons (Fsp3) is 0.476. The highest BCUT2D eigenvalue weighted by Crippen LogP contribution is 2.37. The zero-order valence-electron chi connectivity index (χ0n) is 19.1. The van der Waals surface area contributed by atoms with E-state index in [1.165, 1.54) is 0 Å². The standard InChI is InChI=1S/C21H31N11/c1-5-31-18(23)16(12(3)28-31)25-15-11-14(22)21(30-9-7-8-10-30)27-20(15)26-17-13(4)29-32(6-2)19(17)24/h11,24-25H,5-10,22-23H2,1-4H3. The topological polar surface area (TPSA) is 150 Å². The summed E-state index contributed by atoms with van der Waals surface area (Å²) in [6.45, 7) is 10.8. The number of amidine groups is 1. The lowest BCUT2D eigenvalue weighted by Gasteiger charge is -2.20. The van der Waals surface area contributed by atoms with Crippen molar-refractivity contribution in [3.63, 3.8) is 0 Å². The van der Waals surface area contributed by atoms with E-state index < -0.39 is 0 Å². The average molecular weight is 438 g/mol. The van der Waals surface area contributed by atoms with Crippen LogP contribution in [0.2, 0.25) is 0 Å². The van der Waals surface area contributed by atoms with Crippen molar-refractivity contribution in [1.82, 2.24) is 19.8 Å². The van der Waals surface area contributed by atoms with Gasteiger partial charge in [0, 0.05) is 26.2 Å². The van der Waals surface area contributed by atoms with E-state index in [4.69, 9.17) is 26.9 Å². The number of aryl methyl sites for hydroxylation is 2. The number of rotatable bonds is 6. The summed E-state index contributed by atoms with van der Waals surface area (Å²) in [6, 6.07) is 1.84. The summed E-state index contributed by atoms with van der Waals surface area (Å²) in [4.78, 5) is 11.8. The summed E-state index contributed by atoms with van der Waals surface area (Å²) >= 11 is 0. The van der Waals surface area contributed by atoms with Gasteiger partial charge in [0.2, 0.25) is 0 Å². The molecular weight excluding hydrogens is 406 g/mol. The predicted molar refractivity (Wildman–Crippen MR) is 131 cm³/mol. The third-order valence-electron chi connectivity index (χ3n) is 5.76. The van der Waals surface area contributed by atoms with Crippen molar-refractivity contribution in [2.45, 2.75) is 47.1 Å². The Morgan fingerprint density at radius 1 is 1.16 bits per heavy atom. The molecule has 1 fully saturated rings. The van der Waals surface area contributed by atoms with E-state index in [-0.39, 0.29) is 5.84 Å². The molecule has 2 aliphatic heterocycles. The molecular formula is C21H31N11. The Labute approximate surface area is 187 Å². The first kappa shape index (κ1) is 21.6. The Morgan fingerprint density at radius 2 is 1.88 bits per heavy atom. The maximum atomic E-state index is 8.46. The van der Waals surface area contributed by atoms with E-state index in [9.17, 15) is 0 Å². The van der Waals surface area contributed by atoms with E-state index >= 15 is 0 Å². The van der Waals surface area contributed by atoms with Crippen LogP contribution in [0.5, 0.6) is 0 Å². The number of aliphatic imine (C=N–C) groups is 1. The van der Waals surface area contributed by atoms with Gasteiger partial charge >= 0.3 is 0 Å². The van der Waals surface area contributed by atoms with Gasteiger partial charge < -0.3 is 21.7 Å². The fourth-order valence-electron chi connectivity index (χ4n) is 4.04. The molecule has 2 aromatic rings. The SMILES string of the molecule is CCN1N=C(C)C(=Nc2nc(N3CCCC3)c(N)cc2Nc2c(C)nn(CC)c2N)C1=N.